The van der Waals surface area contributed by atoms with E-state index in [2.05, 4.69) is 18.2 Å². The van der Waals surface area contributed by atoms with Crippen LogP contribution in [0.5, 0.6) is 0 Å². The second-order valence-corrected chi connectivity index (χ2v) is 7.59. The molecular weight excluding hydrogens is 336 g/mol. The zero-order valence-electron chi connectivity index (χ0n) is 15.7. The molecule has 1 amide bonds. The van der Waals surface area contributed by atoms with Crippen LogP contribution in [0.2, 0.25) is 0 Å². The van der Waals surface area contributed by atoms with Crippen LogP contribution in [-0.4, -0.2) is 39.7 Å². The van der Waals surface area contributed by atoms with Gasteiger partial charge < -0.3 is 14.6 Å². The van der Waals surface area contributed by atoms with E-state index in [1.807, 2.05) is 59.1 Å². The summed E-state index contributed by atoms with van der Waals surface area (Å²) in [5, 5.41) is 11.7. The number of nitrogens with zero attached hydrogens (tertiary/aromatic N) is 2. The Morgan fingerprint density at radius 1 is 1.11 bits per heavy atom. The predicted octanol–water partition coefficient (Wildman–Crippen LogP) is 3.63. The average molecular weight is 362 g/mol. The van der Waals surface area contributed by atoms with Crippen LogP contribution in [0, 0.1) is 5.92 Å². The lowest BCUT2D eigenvalue weighted by Crippen LogP contribution is -2.41. The summed E-state index contributed by atoms with van der Waals surface area (Å²) < 4.78 is 2.04. The Kier molecular flexibility index (Phi) is 4.99. The Bertz CT molecular complexity index is 924. The van der Waals surface area contributed by atoms with Gasteiger partial charge in [-0.2, -0.15) is 0 Å². The molecule has 0 radical (unpaired) electrons. The number of aliphatic hydroxyl groups is 1. The lowest BCUT2D eigenvalue weighted by molar-refractivity contribution is 0.0467. The van der Waals surface area contributed by atoms with Crippen LogP contribution in [0.3, 0.4) is 0 Å². The molecule has 1 aliphatic rings. The Labute approximate surface area is 160 Å². The molecule has 3 aromatic rings. The third-order valence-corrected chi connectivity index (χ3v) is 5.79. The SMILES string of the molecule is Cn1ccc2ccc(C(=O)N3CCC([C@@H](O)Cc4ccccc4)CC3)cc21. The lowest BCUT2D eigenvalue weighted by atomic mass is 9.87. The van der Waals surface area contributed by atoms with Gasteiger partial charge in [-0.15, -0.1) is 0 Å². The van der Waals surface area contributed by atoms with E-state index < -0.39 is 0 Å². The Hall–Kier alpha value is -2.59. The summed E-state index contributed by atoms with van der Waals surface area (Å²) in [4.78, 5) is 14.8. The molecule has 140 valence electrons. The molecule has 1 aromatic heterocycles. The largest absolute Gasteiger partial charge is 0.392 e. The number of benzene rings is 2. The molecule has 0 aliphatic carbocycles. The molecule has 4 rings (SSSR count). The van der Waals surface area contributed by atoms with E-state index in [-0.39, 0.29) is 17.9 Å². The Balaban J connectivity index is 1.38. The highest BCUT2D eigenvalue weighted by Crippen LogP contribution is 2.25. The van der Waals surface area contributed by atoms with E-state index in [1.165, 1.54) is 5.56 Å². The van der Waals surface area contributed by atoms with Gasteiger partial charge in [0.1, 0.15) is 0 Å². The van der Waals surface area contributed by atoms with Crippen LogP contribution in [-0.2, 0) is 13.5 Å². The van der Waals surface area contributed by atoms with Gasteiger partial charge in [-0.25, -0.2) is 0 Å². The van der Waals surface area contributed by atoms with Gasteiger partial charge in [0, 0.05) is 37.4 Å². The number of hydrogen-bond acceptors (Lipinski definition) is 2. The summed E-state index contributed by atoms with van der Waals surface area (Å²) in [6.45, 7) is 1.42. The third kappa shape index (κ3) is 3.76. The number of carbonyl (C=O) groups excluding carboxylic acids is 1. The molecule has 1 fully saturated rings. The second kappa shape index (κ2) is 7.57. The van der Waals surface area contributed by atoms with E-state index in [9.17, 15) is 9.90 Å². The van der Waals surface area contributed by atoms with E-state index >= 15 is 0 Å². The van der Waals surface area contributed by atoms with Crippen molar-refractivity contribution in [3.05, 3.63) is 71.9 Å². The highest BCUT2D eigenvalue weighted by atomic mass is 16.3. The minimum Gasteiger partial charge on any atom is -0.392 e. The summed E-state index contributed by atoms with van der Waals surface area (Å²) in [5.41, 5.74) is 2.99. The molecule has 0 unspecified atom stereocenters. The van der Waals surface area contributed by atoms with Crippen LogP contribution >= 0.6 is 0 Å². The fourth-order valence-corrected chi connectivity index (χ4v) is 4.09. The number of piperidine rings is 1. The fraction of sp³-hybridized carbons (Fsp3) is 0.348. The Morgan fingerprint density at radius 2 is 1.85 bits per heavy atom. The van der Waals surface area contributed by atoms with Crippen molar-refractivity contribution in [1.29, 1.82) is 0 Å². The maximum absolute atomic E-state index is 12.9. The van der Waals surface area contributed by atoms with Crippen LogP contribution in [0.4, 0.5) is 0 Å². The number of rotatable bonds is 4. The predicted molar refractivity (Wildman–Crippen MR) is 108 cm³/mol. The molecule has 2 aromatic carbocycles. The molecule has 1 saturated heterocycles. The van der Waals surface area contributed by atoms with Gasteiger partial charge in [-0.3, -0.25) is 4.79 Å². The van der Waals surface area contributed by atoms with Crippen LogP contribution in [0.1, 0.15) is 28.8 Å². The van der Waals surface area contributed by atoms with E-state index in [0.717, 1.165) is 29.3 Å². The van der Waals surface area contributed by atoms with Crippen LogP contribution in [0.25, 0.3) is 10.9 Å². The topological polar surface area (TPSA) is 45.5 Å². The number of aromatic nitrogens is 1. The molecule has 0 bridgehead atoms. The van der Waals surface area contributed by atoms with Gasteiger partial charge in [0.25, 0.3) is 5.91 Å². The van der Waals surface area contributed by atoms with Crippen molar-refractivity contribution in [2.24, 2.45) is 13.0 Å². The maximum atomic E-state index is 12.9. The van der Waals surface area contributed by atoms with Crippen LogP contribution in [0.15, 0.2) is 60.8 Å². The van der Waals surface area contributed by atoms with Crippen molar-refractivity contribution in [3.8, 4) is 0 Å². The summed E-state index contributed by atoms with van der Waals surface area (Å²) in [7, 11) is 2.00. The van der Waals surface area contributed by atoms with Gasteiger partial charge in [0.05, 0.1) is 6.10 Å². The molecule has 0 saturated carbocycles. The van der Waals surface area contributed by atoms with Crippen molar-refractivity contribution in [2.45, 2.75) is 25.4 Å². The molecule has 2 heterocycles. The zero-order valence-corrected chi connectivity index (χ0v) is 15.7. The minimum absolute atomic E-state index is 0.0918. The quantitative estimate of drug-likeness (QED) is 0.770. The Morgan fingerprint density at radius 3 is 2.59 bits per heavy atom. The fourth-order valence-electron chi connectivity index (χ4n) is 4.09. The number of likely N-dealkylation sites (tertiary alicyclic amines) is 1. The molecular formula is C23H26N2O2. The molecule has 1 N–H and O–H groups in total. The van der Waals surface area contributed by atoms with Crippen molar-refractivity contribution in [2.75, 3.05) is 13.1 Å². The second-order valence-electron chi connectivity index (χ2n) is 7.59. The maximum Gasteiger partial charge on any atom is 0.253 e. The van der Waals surface area contributed by atoms with Gasteiger partial charge in [-0.05, 0) is 54.3 Å². The minimum atomic E-state index is -0.343. The average Bonchev–Trinajstić information content (AvgIpc) is 3.08. The molecule has 0 spiro atoms. The standard InChI is InChI=1S/C23H26N2O2/c1-24-12-9-18-7-8-20(16-21(18)24)23(27)25-13-10-19(11-14-25)22(26)15-17-5-3-2-4-6-17/h2-9,12,16,19,22,26H,10-11,13-15H2,1H3/t22-/m0/s1. The van der Waals surface area contributed by atoms with Crippen molar-refractivity contribution in [1.82, 2.24) is 9.47 Å². The number of carbonyl (C=O) groups is 1. The van der Waals surface area contributed by atoms with Crippen LogP contribution < -0.4 is 0 Å². The normalized spacial score (nSPS) is 16.6. The number of hydrogen-bond donors (Lipinski definition) is 1. The number of amides is 1. The van der Waals surface area contributed by atoms with Gasteiger partial charge in [0.15, 0.2) is 0 Å². The smallest absolute Gasteiger partial charge is 0.253 e. The highest BCUT2D eigenvalue weighted by Gasteiger charge is 2.28. The highest BCUT2D eigenvalue weighted by molar-refractivity contribution is 5.98. The molecule has 27 heavy (non-hydrogen) atoms. The summed E-state index contributed by atoms with van der Waals surface area (Å²) in [6, 6.07) is 18.1. The first-order chi connectivity index (χ1) is 13.1. The van der Waals surface area contributed by atoms with Crippen molar-refractivity contribution in [3.63, 3.8) is 0 Å². The molecule has 1 atom stereocenters. The first-order valence-corrected chi connectivity index (χ1v) is 9.68. The summed E-state index contributed by atoms with van der Waals surface area (Å²) in [6.07, 6.45) is 4.06. The third-order valence-electron chi connectivity index (χ3n) is 5.79. The van der Waals surface area contributed by atoms with E-state index in [0.29, 0.717) is 19.5 Å². The summed E-state index contributed by atoms with van der Waals surface area (Å²) >= 11 is 0. The van der Waals surface area contributed by atoms with Crippen molar-refractivity contribution >= 4 is 16.8 Å². The van der Waals surface area contributed by atoms with Gasteiger partial charge in [0.2, 0.25) is 0 Å². The van der Waals surface area contributed by atoms with Gasteiger partial charge in [-0.1, -0.05) is 36.4 Å². The van der Waals surface area contributed by atoms with Crippen molar-refractivity contribution < 1.29 is 9.90 Å². The molecule has 4 nitrogen and oxygen atoms in total. The molecule has 4 heteroatoms. The number of fused-ring (bicyclic) bond motifs is 1. The number of aryl methyl sites for hydroxylation is 1. The van der Waals surface area contributed by atoms with E-state index in [4.69, 9.17) is 0 Å². The molecule has 1 aliphatic heterocycles. The number of aliphatic hydroxyl groups excluding tert-OH is 1. The summed E-state index contributed by atoms with van der Waals surface area (Å²) in [5.74, 6) is 0.346. The first-order valence-electron chi connectivity index (χ1n) is 9.68. The lowest BCUT2D eigenvalue weighted by Gasteiger charge is -2.34. The van der Waals surface area contributed by atoms with Gasteiger partial charge >= 0.3 is 0 Å². The first kappa shape index (κ1) is 17.8. The monoisotopic (exact) mass is 362 g/mol. The van der Waals surface area contributed by atoms with E-state index in [1.54, 1.807) is 0 Å². The zero-order chi connectivity index (χ0) is 18.8.